The fraction of sp³-hybridized carbons (Fsp3) is 0.158. The summed E-state index contributed by atoms with van der Waals surface area (Å²) in [7, 11) is 0. The summed E-state index contributed by atoms with van der Waals surface area (Å²) in [6.45, 7) is 0.647. The van der Waals surface area contributed by atoms with Crippen LogP contribution in [0.4, 0.5) is 5.69 Å². The van der Waals surface area contributed by atoms with Crippen LogP contribution in [0.5, 0.6) is 0 Å². The molecule has 2 aliphatic rings. The predicted octanol–water partition coefficient (Wildman–Crippen LogP) is 3.92. The highest BCUT2D eigenvalue weighted by Gasteiger charge is 2.30. The van der Waals surface area contributed by atoms with E-state index in [9.17, 15) is 4.79 Å². The third-order valence-electron chi connectivity index (χ3n) is 4.37. The maximum absolute atomic E-state index is 13.0. The van der Waals surface area contributed by atoms with Crippen LogP contribution >= 0.6 is 23.2 Å². The molecule has 0 spiro atoms. The Morgan fingerprint density at radius 2 is 2.00 bits per heavy atom. The van der Waals surface area contributed by atoms with Crippen molar-refractivity contribution in [1.82, 2.24) is 5.32 Å². The third-order valence-corrected chi connectivity index (χ3v) is 4.84. The number of anilines is 1. The molecule has 4 nitrogen and oxygen atoms in total. The van der Waals surface area contributed by atoms with Crippen LogP contribution in [0.2, 0.25) is 10.0 Å². The molecule has 1 amide bonds. The van der Waals surface area contributed by atoms with Gasteiger partial charge in [0.25, 0.3) is 5.91 Å². The summed E-state index contributed by atoms with van der Waals surface area (Å²) in [4.78, 5) is 19.1. The van der Waals surface area contributed by atoms with Crippen LogP contribution in [-0.2, 0) is 11.2 Å². The minimum absolute atomic E-state index is 0.0432. The molecule has 2 aliphatic heterocycles. The monoisotopic (exact) mass is 371 g/mol. The normalized spacial score (nSPS) is 18.6. The van der Waals surface area contributed by atoms with E-state index in [4.69, 9.17) is 23.2 Å². The van der Waals surface area contributed by atoms with Gasteiger partial charge in [-0.3, -0.25) is 9.79 Å². The van der Waals surface area contributed by atoms with Crippen molar-refractivity contribution in [2.75, 3.05) is 11.4 Å². The van der Waals surface area contributed by atoms with Crippen molar-refractivity contribution in [2.24, 2.45) is 4.99 Å². The molecule has 0 fully saturated rings. The van der Waals surface area contributed by atoms with E-state index in [1.165, 1.54) is 0 Å². The molecule has 0 radical (unpaired) electrons. The molecule has 0 saturated heterocycles. The van der Waals surface area contributed by atoms with Crippen molar-refractivity contribution in [3.05, 3.63) is 69.7 Å². The van der Waals surface area contributed by atoms with E-state index in [1.807, 2.05) is 48.5 Å². The summed E-state index contributed by atoms with van der Waals surface area (Å²) in [5.74, 6) is -0.0432. The molecule has 0 aliphatic carbocycles. The Balaban J connectivity index is 1.61. The van der Waals surface area contributed by atoms with Gasteiger partial charge in [0.05, 0.1) is 6.34 Å². The van der Waals surface area contributed by atoms with Gasteiger partial charge in [-0.15, -0.1) is 0 Å². The molecule has 6 heteroatoms. The summed E-state index contributed by atoms with van der Waals surface area (Å²) in [5, 5.41) is 4.43. The van der Waals surface area contributed by atoms with E-state index in [2.05, 4.69) is 10.3 Å². The van der Waals surface area contributed by atoms with Gasteiger partial charge >= 0.3 is 0 Å². The Morgan fingerprint density at radius 3 is 2.84 bits per heavy atom. The molecule has 0 saturated carbocycles. The minimum Gasteiger partial charge on any atom is -0.346 e. The topological polar surface area (TPSA) is 44.7 Å². The molecule has 2 aromatic rings. The van der Waals surface area contributed by atoms with Gasteiger partial charge in [0, 0.05) is 28.0 Å². The maximum Gasteiger partial charge on any atom is 0.255 e. The number of nitrogens with one attached hydrogen (secondary N) is 1. The molecule has 126 valence electrons. The Kier molecular flexibility index (Phi) is 4.24. The second kappa shape index (κ2) is 6.54. The number of carbonyl (C=O) groups excluding carboxylic acids is 1. The van der Waals surface area contributed by atoms with Crippen LogP contribution in [0.3, 0.4) is 0 Å². The molecule has 2 aromatic carbocycles. The smallest absolute Gasteiger partial charge is 0.255 e. The summed E-state index contributed by atoms with van der Waals surface area (Å²) in [5.41, 5.74) is 3.76. The fourth-order valence-corrected chi connectivity index (χ4v) is 3.55. The van der Waals surface area contributed by atoms with Crippen molar-refractivity contribution in [3.63, 3.8) is 0 Å². The predicted molar refractivity (Wildman–Crippen MR) is 102 cm³/mol. The van der Waals surface area contributed by atoms with Crippen LogP contribution in [-0.4, -0.2) is 24.8 Å². The zero-order chi connectivity index (χ0) is 17.4. The zero-order valence-corrected chi connectivity index (χ0v) is 14.8. The third kappa shape index (κ3) is 3.15. The van der Waals surface area contributed by atoms with E-state index in [0.29, 0.717) is 16.6 Å². The van der Waals surface area contributed by atoms with Crippen LogP contribution in [0.25, 0.3) is 5.70 Å². The number of fused-ring (bicyclic) bond motifs is 1. The average molecular weight is 372 g/mol. The first kappa shape index (κ1) is 16.2. The van der Waals surface area contributed by atoms with Crippen molar-refractivity contribution in [3.8, 4) is 0 Å². The number of carbonyl (C=O) groups is 1. The highest BCUT2D eigenvalue weighted by atomic mass is 35.5. The molecule has 1 unspecified atom stereocenters. The first-order chi connectivity index (χ1) is 12.1. The maximum atomic E-state index is 13.0. The van der Waals surface area contributed by atoms with Crippen LogP contribution < -0.4 is 10.2 Å². The van der Waals surface area contributed by atoms with Gasteiger partial charge in [-0.2, -0.15) is 0 Å². The standard InChI is InChI=1S/C19H15Cl2N3O/c20-14-3-1-2-12(8-14)16-10-17(23-11-22-16)19(25)24-7-6-13-9-15(21)4-5-18(13)24/h1-5,8-11,17H,6-7H2,(H,22,23). The minimum atomic E-state index is -0.558. The lowest BCUT2D eigenvalue weighted by atomic mass is 10.1. The highest BCUT2D eigenvalue weighted by Crippen LogP contribution is 2.31. The van der Waals surface area contributed by atoms with Gasteiger partial charge in [-0.05, 0) is 54.0 Å². The molecule has 2 heterocycles. The fourth-order valence-electron chi connectivity index (χ4n) is 3.17. The first-order valence-corrected chi connectivity index (χ1v) is 8.73. The van der Waals surface area contributed by atoms with Crippen LogP contribution in [0, 0.1) is 0 Å². The summed E-state index contributed by atoms with van der Waals surface area (Å²) >= 11 is 12.1. The van der Waals surface area contributed by atoms with Gasteiger partial charge in [0.2, 0.25) is 0 Å². The van der Waals surface area contributed by atoms with E-state index in [1.54, 1.807) is 11.2 Å². The number of benzene rings is 2. The number of hydrogen-bond donors (Lipinski definition) is 1. The Bertz CT molecular complexity index is 907. The van der Waals surface area contributed by atoms with Gasteiger partial charge in [-0.1, -0.05) is 35.3 Å². The van der Waals surface area contributed by atoms with Gasteiger partial charge < -0.3 is 10.2 Å². The first-order valence-electron chi connectivity index (χ1n) is 7.97. The van der Waals surface area contributed by atoms with Gasteiger partial charge in [0.15, 0.2) is 6.04 Å². The Morgan fingerprint density at radius 1 is 1.16 bits per heavy atom. The van der Waals surface area contributed by atoms with E-state index in [-0.39, 0.29) is 5.91 Å². The number of amides is 1. The van der Waals surface area contributed by atoms with E-state index >= 15 is 0 Å². The molecule has 0 bridgehead atoms. The van der Waals surface area contributed by atoms with Gasteiger partial charge in [-0.25, -0.2) is 0 Å². The molecule has 0 aromatic heterocycles. The molecule has 1 N–H and O–H groups in total. The lowest BCUT2D eigenvalue weighted by molar-refractivity contribution is -0.118. The summed E-state index contributed by atoms with van der Waals surface area (Å²) in [6, 6.07) is 12.6. The lowest BCUT2D eigenvalue weighted by Gasteiger charge is -2.23. The molecular formula is C19H15Cl2N3O. The average Bonchev–Trinajstić information content (AvgIpc) is 3.04. The Hall–Kier alpha value is -2.30. The largest absolute Gasteiger partial charge is 0.346 e. The number of hydrogen-bond acceptors (Lipinski definition) is 3. The number of halogens is 2. The van der Waals surface area contributed by atoms with Crippen LogP contribution in [0.1, 0.15) is 11.1 Å². The van der Waals surface area contributed by atoms with Crippen molar-refractivity contribution >= 4 is 46.8 Å². The number of rotatable bonds is 2. The summed E-state index contributed by atoms with van der Waals surface area (Å²) in [6.07, 6.45) is 4.21. The second-order valence-corrected chi connectivity index (χ2v) is 6.84. The van der Waals surface area contributed by atoms with Crippen molar-refractivity contribution in [1.29, 1.82) is 0 Å². The summed E-state index contributed by atoms with van der Waals surface area (Å²) < 4.78 is 0. The van der Waals surface area contributed by atoms with Crippen molar-refractivity contribution < 1.29 is 4.79 Å². The quantitative estimate of drug-likeness (QED) is 0.869. The Labute approximate surface area is 155 Å². The van der Waals surface area contributed by atoms with Gasteiger partial charge in [0.1, 0.15) is 0 Å². The highest BCUT2D eigenvalue weighted by molar-refractivity contribution is 6.31. The molecule has 4 rings (SSSR count). The van der Waals surface area contributed by atoms with E-state index < -0.39 is 6.04 Å². The van der Waals surface area contributed by atoms with Crippen molar-refractivity contribution in [2.45, 2.75) is 12.5 Å². The zero-order valence-electron chi connectivity index (χ0n) is 13.2. The number of aliphatic imine (C=N–C) groups is 1. The van der Waals surface area contributed by atoms with Crippen LogP contribution in [0.15, 0.2) is 53.5 Å². The lowest BCUT2D eigenvalue weighted by Crippen LogP contribution is -2.38. The molecular weight excluding hydrogens is 357 g/mol. The number of nitrogens with zero attached hydrogens (tertiary/aromatic N) is 2. The SMILES string of the molecule is O=C(C1C=C(c2cccc(Cl)c2)NC=N1)N1CCc2cc(Cl)ccc21. The molecule has 25 heavy (non-hydrogen) atoms. The van der Waals surface area contributed by atoms with E-state index in [0.717, 1.165) is 28.9 Å². The molecule has 1 atom stereocenters. The second-order valence-electron chi connectivity index (χ2n) is 5.97.